The van der Waals surface area contributed by atoms with Crippen LogP contribution in [0.4, 0.5) is 5.69 Å². The molecular weight excluding hydrogens is 366 g/mol. The van der Waals surface area contributed by atoms with Crippen molar-refractivity contribution in [1.29, 1.82) is 0 Å². The number of benzene rings is 2. The molecule has 6 heteroatoms. The Morgan fingerprint density at radius 1 is 0.897 bits per heavy atom. The summed E-state index contributed by atoms with van der Waals surface area (Å²) < 4.78 is 0. The highest BCUT2D eigenvalue weighted by Gasteiger charge is 2.20. The summed E-state index contributed by atoms with van der Waals surface area (Å²) in [6.07, 6.45) is 1.36. The number of rotatable bonds is 6. The zero-order valence-electron chi connectivity index (χ0n) is 16.8. The Morgan fingerprint density at radius 2 is 1.62 bits per heavy atom. The summed E-state index contributed by atoms with van der Waals surface area (Å²) in [5.74, 6) is -0.122. The summed E-state index contributed by atoms with van der Waals surface area (Å²) in [5.41, 5.74) is 1.58. The number of nitrogens with one attached hydrogen (secondary N) is 1. The Labute approximate surface area is 171 Å². The number of hydrogen-bond donors (Lipinski definition) is 1. The summed E-state index contributed by atoms with van der Waals surface area (Å²) in [6.45, 7) is 4.92. The van der Waals surface area contributed by atoms with Crippen molar-refractivity contribution in [3.8, 4) is 0 Å². The van der Waals surface area contributed by atoms with Crippen LogP contribution >= 0.6 is 0 Å². The van der Waals surface area contributed by atoms with Crippen LogP contribution in [0.5, 0.6) is 0 Å². The maximum atomic E-state index is 12.8. The van der Waals surface area contributed by atoms with Crippen molar-refractivity contribution in [2.45, 2.75) is 19.8 Å². The van der Waals surface area contributed by atoms with Gasteiger partial charge in [-0.15, -0.1) is 0 Å². The van der Waals surface area contributed by atoms with Crippen molar-refractivity contribution >= 4 is 23.3 Å². The van der Waals surface area contributed by atoms with Crippen LogP contribution in [0.25, 0.3) is 0 Å². The van der Waals surface area contributed by atoms with Crippen molar-refractivity contribution in [1.82, 2.24) is 9.80 Å². The van der Waals surface area contributed by atoms with Crippen LogP contribution in [0.3, 0.4) is 0 Å². The molecule has 2 aromatic rings. The van der Waals surface area contributed by atoms with Gasteiger partial charge < -0.3 is 10.2 Å². The summed E-state index contributed by atoms with van der Waals surface area (Å²) in [6, 6.07) is 16.1. The third-order valence-corrected chi connectivity index (χ3v) is 5.09. The van der Waals surface area contributed by atoms with Gasteiger partial charge in [0, 0.05) is 43.7 Å². The molecule has 152 valence electrons. The highest BCUT2D eigenvalue weighted by Crippen LogP contribution is 2.19. The predicted molar refractivity (Wildman–Crippen MR) is 113 cm³/mol. The first-order valence-corrected chi connectivity index (χ1v) is 10.1. The smallest absolute Gasteiger partial charge is 0.238 e. The molecule has 0 saturated carbocycles. The third-order valence-electron chi connectivity index (χ3n) is 5.09. The van der Waals surface area contributed by atoms with Crippen molar-refractivity contribution < 1.29 is 14.4 Å². The molecule has 0 atom stereocenters. The fourth-order valence-corrected chi connectivity index (χ4v) is 3.53. The molecule has 2 amide bonds. The maximum absolute atomic E-state index is 12.8. The van der Waals surface area contributed by atoms with E-state index in [-0.39, 0.29) is 24.1 Å². The van der Waals surface area contributed by atoms with Crippen molar-refractivity contribution in [2.75, 3.05) is 38.0 Å². The van der Waals surface area contributed by atoms with Crippen LogP contribution < -0.4 is 5.32 Å². The summed E-state index contributed by atoms with van der Waals surface area (Å²) >= 11 is 0. The zero-order chi connectivity index (χ0) is 20.6. The lowest BCUT2D eigenvalue weighted by atomic mass is 10.0. The normalized spacial score (nSPS) is 14.9. The van der Waals surface area contributed by atoms with Gasteiger partial charge in [0.2, 0.25) is 11.8 Å². The molecule has 1 aliphatic rings. The molecular formula is C23H27N3O3. The monoisotopic (exact) mass is 393 g/mol. The van der Waals surface area contributed by atoms with Gasteiger partial charge in [0.05, 0.1) is 12.2 Å². The number of para-hydroxylation sites is 1. The molecule has 0 aromatic heterocycles. The number of anilines is 1. The molecule has 1 N–H and O–H groups in total. The van der Waals surface area contributed by atoms with E-state index in [4.69, 9.17) is 0 Å². The summed E-state index contributed by atoms with van der Waals surface area (Å²) in [5, 5.41) is 2.89. The van der Waals surface area contributed by atoms with E-state index in [0.717, 1.165) is 19.5 Å². The first-order valence-electron chi connectivity index (χ1n) is 10.1. The lowest BCUT2D eigenvalue weighted by Gasteiger charge is -2.21. The topological polar surface area (TPSA) is 69.7 Å². The van der Waals surface area contributed by atoms with E-state index in [1.807, 2.05) is 30.0 Å². The second-order valence-corrected chi connectivity index (χ2v) is 7.15. The largest absolute Gasteiger partial charge is 0.341 e. The molecule has 0 bridgehead atoms. The van der Waals surface area contributed by atoms with Crippen LogP contribution in [0, 0.1) is 0 Å². The number of carbonyl (C=O) groups is 3. The van der Waals surface area contributed by atoms with Crippen LogP contribution in [-0.2, 0) is 9.59 Å². The fourth-order valence-electron chi connectivity index (χ4n) is 3.53. The number of hydrogen-bond acceptors (Lipinski definition) is 4. The van der Waals surface area contributed by atoms with Crippen molar-refractivity contribution in [2.24, 2.45) is 0 Å². The second kappa shape index (κ2) is 9.98. The van der Waals surface area contributed by atoms with E-state index in [1.165, 1.54) is 0 Å². The molecule has 0 unspecified atom stereocenters. The van der Waals surface area contributed by atoms with Gasteiger partial charge >= 0.3 is 0 Å². The van der Waals surface area contributed by atoms with Crippen LogP contribution in [0.1, 0.15) is 35.7 Å². The van der Waals surface area contributed by atoms with Gasteiger partial charge in [0.25, 0.3) is 0 Å². The molecule has 6 nitrogen and oxygen atoms in total. The highest BCUT2D eigenvalue weighted by atomic mass is 16.2. The number of nitrogens with zero attached hydrogens (tertiary/aromatic N) is 2. The molecule has 2 aromatic carbocycles. The Bertz CT molecular complexity index is 867. The molecule has 29 heavy (non-hydrogen) atoms. The predicted octanol–water partition coefficient (Wildman–Crippen LogP) is 2.80. The summed E-state index contributed by atoms with van der Waals surface area (Å²) in [4.78, 5) is 41.3. The average Bonchev–Trinajstić information content (AvgIpc) is 2.99. The molecule has 3 rings (SSSR count). The maximum Gasteiger partial charge on any atom is 0.238 e. The molecule has 0 spiro atoms. The van der Waals surface area contributed by atoms with Gasteiger partial charge in [0.15, 0.2) is 5.78 Å². The average molecular weight is 393 g/mol. The number of amides is 2. The van der Waals surface area contributed by atoms with E-state index in [9.17, 15) is 14.4 Å². The van der Waals surface area contributed by atoms with E-state index in [2.05, 4.69) is 10.2 Å². The number of ketones is 1. The first kappa shape index (κ1) is 20.7. The third kappa shape index (κ3) is 5.51. The quantitative estimate of drug-likeness (QED) is 0.767. The van der Waals surface area contributed by atoms with Gasteiger partial charge in [-0.25, -0.2) is 0 Å². The van der Waals surface area contributed by atoms with Crippen LogP contribution in [0.15, 0.2) is 54.6 Å². The molecule has 0 aliphatic carbocycles. The highest BCUT2D eigenvalue weighted by molar-refractivity contribution is 6.13. The SMILES string of the molecule is CCC(=O)N1CCCN(CC(=O)Nc2ccccc2C(=O)c2ccccc2)CC1. The molecule has 0 radical (unpaired) electrons. The number of carbonyl (C=O) groups excluding carboxylic acids is 3. The van der Waals surface area contributed by atoms with Gasteiger partial charge in [0.1, 0.15) is 0 Å². The molecule has 1 saturated heterocycles. The first-order chi connectivity index (χ1) is 14.1. The molecule has 1 fully saturated rings. The minimum atomic E-state index is -0.159. The summed E-state index contributed by atoms with van der Waals surface area (Å²) in [7, 11) is 0. The van der Waals surface area contributed by atoms with Gasteiger partial charge in [-0.3, -0.25) is 19.3 Å². The standard InChI is InChI=1S/C23H27N3O3/c1-2-22(28)26-14-8-13-25(15-16-26)17-21(27)24-20-12-7-6-11-19(20)23(29)18-9-4-3-5-10-18/h3-7,9-12H,2,8,13-17H2,1H3,(H,24,27). The molecule has 1 heterocycles. The Morgan fingerprint density at radius 3 is 2.38 bits per heavy atom. The van der Waals surface area contributed by atoms with Crippen molar-refractivity contribution in [3.05, 3.63) is 65.7 Å². The minimum absolute atomic E-state index is 0.120. The van der Waals surface area contributed by atoms with E-state index >= 15 is 0 Å². The Balaban J connectivity index is 1.63. The molecule has 1 aliphatic heterocycles. The van der Waals surface area contributed by atoms with Gasteiger partial charge in [-0.2, -0.15) is 0 Å². The Hall–Kier alpha value is -2.99. The van der Waals surface area contributed by atoms with Crippen molar-refractivity contribution in [3.63, 3.8) is 0 Å². The zero-order valence-corrected chi connectivity index (χ0v) is 16.8. The fraction of sp³-hybridized carbons (Fsp3) is 0.348. The van der Waals surface area contributed by atoms with Gasteiger partial charge in [-0.05, 0) is 18.6 Å². The van der Waals surface area contributed by atoms with Crippen LogP contribution in [-0.4, -0.2) is 60.1 Å². The van der Waals surface area contributed by atoms with Gasteiger partial charge in [-0.1, -0.05) is 49.4 Å². The minimum Gasteiger partial charge on any atom is -0.341 e. The Kier molecular flexibility index (Phi) is 7.14. The lowest BCUT2D eigenvalue weighted by molar-refractivity contribution is -0.130. The van der Waals surface area contributed by atoms with E-state index < -0.39 is 0 Å². The lowest BCUT2D eigenvalue weighted by Crippen LogP contribution is -2.37. The van der Waals surface area contributed by atoms with E-state index in [0.29, 0.717) is 36.3 Å². The van der Waals surface area contributed by atoms with E-state index in [1.54, 1.807) is 36.4 Å². The van der Waals surface area contributed by atoms with Crippen LogP contribution in [0.2, 0.25) is 0 Å². The second-order valence-electron chi connectivity index (χ2n) is 7.15.